The number of aromatic nitrogens is 4. The van der Waals surface area contributed by atoms with Gasteiger partial charge in [0.1, 0.15) is 6.54 Å². The van der Waals surface area contributed by atoms with Gasteiger partial charge in [-0.2, -0.15) is 10.2 Å². The fraction of sp³-hybridized carbons (Fsp3) is 0.300. The molecule has 0 fully saturated rings. The summed E-state index contributed by atoms with van der Waals surface area (Å²) in [6.45, 7) is 4.09. The van der Waals surface area contributed by atoms with E-state index in [2.05, 4.69) is 31.1 Å². The largest absolute Gasteiger partial charge is 0.357 e. The van der Waals surface area contributed by atoms with E-state index >= 15 is 0 Å². The molecule has 9 nitrogen and oxygen atoms in total. The van der Waals surface area contributed by atoms with Crippen LogP contribution in [0.3, 0.4) is 0 Å². The lowest BCUT2D eigenvalue weighted by molar-refractivity contribution is -0.116. The maximum Gasteiger partial charge on any atom is 0.246 e. The molecule has 1 aromatic carbocycles. The van der Waals surface area contributed by atoms with Crippen molar-refractivity contribution in [3.05, 3.63) is 66.2 Å². The van der Waals surface area contributed by atoms with Crippen molar-refractivity contribution in [3.63, 3.8) is 0 Å². The van der Waals surface area contributed by atoms with E-state index in [1.54, 1.807) is 29.3 Å². The molecule has 160 valence electrons. The van der Waals surface area contributed by atoms with Gasteiger partial charge in [0.15, 0.2) is 5.96 Å². The maximum atomic E-state index is 12.1. The Bertz CT molecular complexity index is 951. The Balaban J connectivity index is 0.00000320. The number of aliphatic imine (C=N–C) groups is 1. The van der Waals surface area contributed by atoms with Crippen LogP contribution in [0, 0.1) is 0 Å². The first-order valence-electron chi connectivity index (χ1n) is 9.49. The zero-order valence-corrected chi connectivity index (χ0v) is 19.4. The standard InChI is InChI=1S/C20H26N8O.HI/c1-3-21-20(23-14-18-8-10-24-27(18)2)22-13-16-6-4-7-17(12-16)26-19(29)15-28-11-5-9-25-28;/h4-12H,3,13-15H2,1-2H3,(H,26,29)(H2,21,22,23);1H. The Morgan fingerprint density at radius 1 is 1.13 bits per heavy atom. The third kappa shape index (κ3) is 7.17. The van der Waals surface area contributed by atoms with E-state index in [1.807, 2.05) is 49.0 Å². The molecule has 2 heterocycles. The van der Waals surface area contributed by atoms with E-state index in [4.69, 9.17) is 0 Å². The second-order valence-electron chi connectivity index (χ2n) is 6.45. The summed E-state index contributed by atoms with van der Waals surface area (Å²) in [5.74, 6) is 0.599. The van der Waals surface area contributed by atoms with Crippen LogP contribution in [0.1, 0.15) is 18.2 Å². The number of carbonyl (C=O) groups excluding carboxylic acids is 1. The number of guanidine groups is 1. The van der Waals surface area contributed by atoms with Gasteiger partial charge in [-0.3, -0.25) is 14.2 Å². The van der Waals surface area contributed by atoms with Gasteiger partial charge in [0, 0.05) is 37.9 Å². The fourth-order valence-corrected chi connectivity index (χ4v) is 2.75. The highest BCUT2D eigenvalue weighted by molar-refractivity contribution is 14.0. The minimum Gasteiger partial charge on any atom is -0.357 e. The van der Waals surface area contributed by atoms with Gasteiger partial charge in [-0.25, -0.2) is 4.99 Å². The maximum absolute atomic E-state index is 12.1. The quantitative estimate of drug-likeness (QED) is 0.239. The van der Waals surface area contributed by atoms with Crippen LogP contribution in [-0.4, -0.2) is 38.0 Å². The van der Waals surface area contributed by atoms with Crippen molar-refractivity contribution in [2.24, 2.45) is 12.0 Å². The zero-order valence-electron chi connectivity index (χ0n) is 17.1. The second kappa shape index (κ2) is 12.0. The van der Waals surface area contributed by atoms with Crippen LogP contribution in [-0.2, 0) is 31.5 Å². The van der Waals surface area contributed by atoms with Crippen LogP contribution in [0.4, 0.5) is 5.69 Å². The average Bonchev–Trinajstić information content (AvgIpc) is 3.36. The highest BCUT2D eigenvalue weighted by Crippen LogP contribution is 2.12. The van der Waals surface area contributed by atoms with Gasteiger partial charge in [-0.05, 0) is 36.8 Å². The molecule has 0 radical (unpaired) electrons. The second-order valence-corrected chi connectivity index (χ2v) is 6.45. The summed E-state index contributed by atoms with van der Waals surface area (Å²) in [5, 5.41) is 17.6. The van der Waals surface area contributed by atoms with Crippen molar-refractivity contribution in [1.29, 1.82) is 0 Å². The number of rotatable bonds is 8. The summed E-state index contributed by atoms with van der Waals surface area (Å²) in [5.41, 5.74) is 2.81. The van der Waals surface area contributed by atoms with Crippen molar-refractivity contribution in [2.75, 3.05) is 11.9 Å². The summed E-state index contributed by atoms with van der Waals surface area (Å²) >= 11 is 0. The monoisotopic (exact) mass is 522 g/mol. The summed E-state index contributed by atoms with van der Waals surface area (Å²) in [6, 6.07) is 11.4. The molecule has 3 rings (SSSR count). The Hall–Kier alpha value is -2.89. The van der Waals surface area contributed by atoms with Crippen molar-refractivity contribution in [2.45, 2.75) is 26.6 Å². The minimum atomic E-state index is -0.125. The van der Waals surface area contributed by atoms with Gasteiger partial charge in [-0.1, -0.05) is 12.1 Å². The van der Waals surface area contributed by atoms with Gasteiger partial charge < -0.3 is 16.0 Å². The van der Waals surface area contributed by atoms with Crippen molar-refractivity contribution >= 4 is 41.5 Å². The lowest BCUT2D eigenvalue weighted by Gasteiger charge is -2.12. The van der Waals surface area contributed by atoms with Crippen molar-refractivity contribution in [3.8, 4) is 0 Å². The summed E-state index contributed by atoms with van der Waals surface area (Å²) < 4.78 is 3.41. The van der Waals surface area contributed by atoms with Crippen LogP contribution in [0.5, 0.6) is 0 Å². The number of carbonyl (C=O) groups is 1. The average molecular weight is 522 g/mol. The van der Waals surface area contributed by atoms with Gasteiger partial charge in [-0.15, -0.1) is 24.0 Å². The molecule has 0 saturated carbocycles. The number of hydrogen-bond donors (Lipinski definition) is 3. The number of nitrogens with one attached hydrogen (secondary N) is 3. The number of nitrogens with zero attached hydrogens (tertiary/aromatic N) is 5. The summed E-state index contributed by atoms with van der Waals surface area (Å²) in [6.07, 6.45) is 5.18. The highest BCUT2D eigenvalue weighted by Gasteiger charge is 2.05. The molecular weight excluding hydrogens is 495 g/mol. The van der Waals surface area contributed by atoms with Gasteiger partial charge >= 0.3 is 0 Å². The SMILES string of the molecule is CCNC(=NCc1cccc(NC(=O)Cn2cccn2)c1)NCc1ccnn1C.I. The molecule has 30 heavy (non-hydrogen) atoms. The fourth-order valence-electron chi connectivity index (χ4n) is 2.75. The molecule has 0 saturated heterocycles. The molecule has 3 aromatic rings. The zero-order chi connectivity index (χ0) is 20.5. The van der Waals surface area contributed by atoms with Crippen LogP contribution < -0.4 is 16.0 Å². The molecule has 0 spiro atoms. The Labute approximate surface area is 193 Å². The number of anilines is 1. The Morgan fingerprint density at radius 2 is 2.00 bits per heavy atom. The molecule has 10 heteroatoms. The first-order chi connectivity index (χ1) is 14.1. The highest BCUT2D eigenvalue weighted by atomic mass is 127. The van der Waals surface area contributed by atoms with E-state index < -0.39 is 0 Å². The Kier molecular flexibility index (Phi) is 9.32. The molecule has 0 aliphatic rings. The molecule has 3 N–H and O–H groups in total. The first kappa shape index (κ1) is 23.4. The normalized spacial score (nSPS) is 10.9. The smallest absolute Gasteiger partial charge is 0.246 e. The van der Waals surface area contributed by atoms with Crippen molar-refractivity contribution < 1.29 is 4.79 Å². The molecule has 0 atom stereocenters. The van der Waals surface area contributed by atoms with E-state index in [1.165, 1.54) is 0 Å². The van der Waals surface area contributed by atoms with E-state index in [0.717, 1.165) is 29.4 Å². The van der Waals surface area contributed by atoms with Crippen LogP contribution >= 0.6 is 24.0 Å². The van der Waals surface area contributed by atoms with Crippen LogP contribution in [0.25, 0.3) is 0 Å². The first-order valence-corrected chi connectivity index (χ1v) is 9.49. The predicted molar refractivity (Wildman–Crippen MR) is 128 cm³/mol. The predicted octanol–water partition coefficient (Wildman–Crippen LogP) is 2.13. The number of aryl methyl sites for hydroxylation is 1. The summed E-state index contributed by atoms with van der Waals surface area (Å²) in [7, 11) is 1.91. The van der Waals surface area contributed by atoms with Gasteiger partial charge in [0.05, 0.1) is 18.8 Å². The number of halogens is 1. The lowest BCUT2D eigenvalue weighted by atomic mass is 10.2. The molecule has 2 aromatic heterocycles. The minimum absolute atomic E-state index is 0. The Morgan fingerprint density at radius 3 is 2.70 bits per heavy atom. The third-order valence-corrected chi connectivity index (χ3v) is 4.20. The number of benzene rings is 1. The van der Waals surface area contributed by atoms with Crippen LogP contribution in [0.15, 0.2) is 60.0 Å². The number of amides is 1. The molecule has 1 amide bonds. The summed E-state index contributed by atoms with van der Waals surface area (Å²) in [4.78, 5) is 16.8. The van der Waals surface area contributed by atoms with Gasteiger partial charge in [0.2, 0.25) is 5.91 Å². The lowest BCUT2D eigenvalue weighted by Crippen LogP contribution is -2.37. The molecule has 0 unspecified atom stereocenters. The molecular formula is C20H27IN8O. The molecule has 0 aliphatic heterocycles. The van der Waals surface area contributed by atoms with E-state index in [0.29, 0.717) is 13.1 Å². The molecule has 0 bridgehead atoms. The van der Waals surface area contributed by atoms with Gasteiger partial charge in [0.25, 0.3) is 0 Å². The van der Waals surface area contributed by atoms with Crippen molar-refractivity contribution in [1.82, 2.24) is 30.2 Å². The van der Waals surface area contributed by atoms with E-state index in [-0.39, 0.29) is 36.4 Å². The van der Waals surface area contributed by atoms with Crippen LogP contribution in [0.2, 0.25) is 0 Å². The number of hydrogen-bond acceptors (Lipinski definition) is 4. The molecule has 0 aliphatic carbocycles. The third-order valence-electron chi connectivity index (χ3n) is 4.20. The topological polar surface area (TPSA) is 101 Å². The van der Waals surface area contributed by atoms with E-state index in [9.17, 15) is 4.79 Å².